The Morgan fingerprint density at radius 3 is 2.12 bits per heavy atom. The molecule has 2 N–H and O–H groups in total. The standard InChI is InChI=1S/C12H27NO3/c1-12(13)6-3-4-7-15-8-5-9-16-11-10-14-2/h12H,3-11,13H2,1-2H3. The van der Waals surface area contributed by atoms with Gasteiger partial charge in [-0.25, -0.2) is 0 Å². The number of methoxy groups -OCH3 is 1. The second-order valence-electron chi connectivity index (χ2n) is 4.04. The predicted octanol–water partition coefficient (Wildman–Crippen LogP) is 1.57. The van der Waals surface area contributed by atoms with Gasteiger partial charge in [0, 0.05) is 33.0 Å². The second kappa shape index (κ2) is 12.9. The highest BCUT2D eigenvalue weighted by Gasteiger charge is 1.94. The Bertz CT molecular complexity index is 131. The summed E-state index contributed by atoms with van der Waals surface area (Å²) in [6, 6.07) is 0.314. The fourth-order valence-electron chi connectivity index (χ4n) is 1.28. The fraction of sp³-hybridized carbons (Fsp3) is 1.00. The Morgan fingerprint density at radius 1 is 0.875 bits per heavy atom. The Morgan fingerprint density at radius 2 is 1.50 bits per heavy atom. The largest absolute Gasteiger partial charge is 0.382 e. The maximum absolute atomic E-state index is 5.65. The molecule has 98 valence electrons. The molecular weight excluding hydrogens is 206 g/mol. The lowest BCUT2D eigenvalue weighted by Crippen LogP contribution is -2.14. The van der Waals surface area contributed by atoms with Crippen LogP contribution in [0.15, 0.2) is 0 Å². The van der Waals surface area contributed by atoms with Crippen molar-refractivity contribution >= 4 is 0 Å². The lowest BCUT2D eigenvalue weighted by Gasteiger charge is -2.06. The number of ether oxygens (including phenoxy) is 3. The molecule has 4 nitrogen and oxygen atoms in total. The van der Waals surface area contributed by atoms with E-state index in [1.54, 1.807) is 7.11 Å². The summed E-state index contributed by atoms with van der Waals surface area (Å²) < 4.78 is 15.6. The van der Waals surface area contributed by atoms with Gasteiger partial charge < -0.3 is 19.9 Å². The summed E-state index contributed by atoms with van der Waals surface area (Å²) in [5.74, 6) is 0. The summed E-state index contributed by atoms with van der Waals surface area (Å²) in [6.07, 6.45) is 4.30. The number of hydrogen-bond acceptors (Lipinski definition) is 4. The average Bonchev–Trinajstić information content (AvgIpc) is 2.25. The molecule has 0 heterocycles. The van der Waals surface area contributed by atoms with Gasteiger partial charge in [0.1, 0.15) is 0 Å². The van der Waals surface area contributed by atoms with Crippen LogP contribution < -0.4 is 5.73 Å². The van der Waals surface area contributed by atoms with Gasteiger partial charge >= 0.3 is 0 Å². The number of rotatable bonds is 12. The van der Waals surface area contributed by atoms with Gasteiger partial charge in [-0.2, -0.15) is 0 Å². The molecule has 0 aliphatic rings. The molecule has 0 aromatic heterocycles. The molecular formula is C12H27NO3. The second-order valence-corrected chi connectivity index (χ2v) is 4.04. The van der Waals surface area contributed by atoms with E-state index in [4.69, 9.17) is 19.9 Å². The van der Waals surface area contributed by atoms with Crippen LogP contribution in [0.25, 0.3) is 0 Å². The molecule has 0 radical (unpaired) electrons. The van der Waals surface area contributed by atoms with Crippen LogP contribution in [-0.4, -0.2) is 46.2 Å². The zero-order valence-corrected chi connectivity index (χ0v) is 10.7. The van der Waals surface area contributed by atoms with Gasteiger partial charge in [-0.15, -0.1) is 0 Å². The van der Waals surface area contributed by atoms with Crippen LogP contribution in [-0.2, 0) is 14.2 Å². The number of unbranched alkanes of at least 4 members (excludes halogenated alkanes) is 1. The topological polar surface area (TPSA) is 53.7 Å². The van der Waals surface area contributed by atoms with Gasteiger partial charge in [-0.3, -0.25) is 0 Å². The van der Waals surface area contributed by atoms with E-state index in [1.165, 1.54) is 0 Å². The molecule has 0 saturated heterocycles. The highest BCUT2D eigenvalue weighted by atomic mass is 16.5. The predicted molar refractivity (Wildman–Crippen MR) is 65.6 cm³/mol. The van der Waals surface area contributed by atoms with Crippen LogP contribution in [0, 0.1) is 0 Å². The molecule has 1 unspecified atom stereocenters. The monoisotopic (exact) mass is 233 g/mol. The van der Waals surface area contributed by atoms with Gasteiger partial charge in [0.15, 0.2) is 0 Å². The van der Waals surface area contributed by atoms with E-state index >= 15 is 0 Å². The molecule has 0 aliphatic heterocycles. The van der Waals surface area contributed by atoms with Crippen molar-refractivity contribution < 1.29 is 14.2 Å². The maximum atomic E-state index is 5.65. The fourth-order valence-corrected chi connectivity index (χ4v) is 1.28. The molecule has 16 heavy (non-hydrogen) atoms. The van der Waals surface area contributed by atoms with E-state index in [-0.39, 0.29) is 0 Å². The zero-order valence-electron chi connectivity index (χ0n) is 10.7. The number of hydrogen-bond donors (Lipinski definition) is 1. The Balaban J connectivity index is 2.88. The molecule has 0 aliphatic carbocycles. The molecule has 1 atom stereocenters. The SMILES string of the molecule is COCCOCCCOCCCCC(C)N. The molecule has 0 aromatic carbocycles. The first-order chi connectivity index (χ1) is 7.77. The van der Waals surface area contributed by atoms with Crippen molar-refractivity contribution in [2.45, 2.75) is 38.6 Å². The first-order valence-corrected chi connectivity index (χ1v) is 6.17. The van der Waals surface area contributed by atoms with Crippen molar-refractivity contribution in [1.82, 2.24) is 0 Å². The van der Waals surface area contributed by atoms with Crippen LogP contribution in [0.3, 0.4) is 0 Å². The van der Waals surface area contributed by atoms with Crippen molar-refractivity contribution in [3.05, 3.63) is 0 Å². The Labute approximate surface area is 99.4 Å². The highest BCUT2D eigenvalue weighted by Crippen LogP contribution is 1.98. The molecule has 0 bridgehead atoms. The van der Waals surface area contributed by atoms with Crippen LogP contribution in [0.5, 0.6) is 0 Å². The molecule has 0 aromatic rings. The molecule has 0 saturated carbocycles. The summed E-state index contributed by atoms with van der Waals surface area (Å²) in [5.41, 5.74) is 5.65. The van der Waals surface area contributed by atoms with E-state index in [0.717, 1.165) is 45.5 Å². The lowest BCUT2D eigenvalue weighted by atomic mass is 10.1. The summed E-state index contributed by atoms with van der Waals surface area (Å²) >= 11 is 0. The minimum absolute atomic E-state index is 0.314. The Kier molecular flexibility index (Phi) is 12.8. The first kappa shape index (κ1) is 15.8. The lowest BCUT2D eigenvalue weighted by molar-refractivity contribution is 0.0508. The molecule has 0 amide bonds. The zero-order chi connectivity index (χ0) is 12.1. The van der Waals surface area contributed by atoms with E-state index in [9.17, 15) is 0 Å². The summed E-state index contributed by atoms with van der Waals surface area (Å²) in [7, 11) is 1.68. The summed E-state index contributed by atoms with van der Waals surface area (Å²) in [6.45, 7) is 5.75. The third-order valence-electron chi connectivity index (χ3n) is 2.21. The van der Waals surface area contributed by atoms with Crippen molar-refractivity contribution in [1.29, 1.82) is 0 Å². The van der Waals surface area contributed by atoms with E-state index < -0.39 is 0 Å². The minimum atomic E-state index is 0.314. The molecule has 0 fully saturated rings. The van der Waals surface area contributed by atoms with Gasteiger partial charge in [0.05, 0.1) is 13.2 Å². The van der Waals surface area contributed by atoms with Crippen LogP contribution in [0.1, 0.15) is 32.6 Å². The van der Waals surface area contributed by atoms with Crippen molar-refractivity contribution in [2.75, 3.05) is 40.1 Å². The third-order valence-corrected chi connectivity index (χ3v) is 2.21. The van der Waals surface area contributed by atoms with Gasteiger partial charge in [0.2, 0.25) is 0 Å². The quantitative estimate of drug-likeness (QED) is 0.520. The van der Waals surface area contributed by atoms with Gasteiger partial charge in [-0.05, 0) is 32.6 Å². The van der Waals surface area contributed by atoms with E-state index in [1.807, 2.05) is 6.92 Å². The van der Waals surface area contributed by atoms with Gasteiger partial charge in [0.25, 0.3) is 0 Å². The number of nitrogens with two attached hydrogens (primary N) is 1. The van der Waals surface area contributed by atoms with Crippen LogP contribution in [0.4, 0.5) is 0 Å². The highest BCUT2D eigenvalue weighted by molar-refractivity contribution is 4.52. The van der Waals surface area contributed by atoms with Crippen LogP contribution in [0.2, 0.25) is 0 Å². The van der Waals surface area contributed by atoms with E-state index in [2.05, 4.69) is 0 Å². The summed E-state index contributed by atoms with van der Waals surface area (Å²) in [4.78, 5) is 0. The molecule has 0 rings (SSSR count). The van der Waals surface area contributed by atoms with Gasteiger partial charge in [-0.1, -0.05) is 0 Å². The van der Waals surface area contributed by atoms with E-state index in [0.29, 0.717) is 19.3 Å². The van der Waals surface area contributed by atoms with Crippen LogP contribution >= 0.6 is 0 Å². The smallest absolute Gasteiger partial charge is 0.0700 e. The maximum Gasteiger partial charge on any atom is 0.0700 e. The van der Waals surface area contributed by atoms with Crippen molar-refractivity contribution in [3.63, 3.8) is 0 Å². The summed E-state index contributed by atoms with van der Waals surface area (Å²) in [5, 5.41) is 0. The normalized spacial score (nSPS) is 12.9. The minimum Gasteiger partial charge on any atom is -0.382 e. The first-order valence-electron chi connectivity index (χ1n) is 6.17. The Hall–Kier alpha value is -0.160. The molecule has 4 heteroatoms. The van der Waals surface area contributed by atoms with Crippen molar-refractivity contribution in [2.24, 2.45) is 5.73 Å². The third kappa shape index (κ3) is 13.8. The molecule has 0 spiro atoms. The average molecular weight is 233 g/mol. The van der Waals surface area contributed by atoms with Crippen molar-refractivity contribution in [3.8, 4) is 0 Å².